The Morgan fingerprint density at radius 1 is 0.853 bits per heavy atom. The molecule has 34 heavy (non-hydrogen) atoms. The molecule has 0 saturated heterocycles. The van der Waals surface area contributed by atoms with Crippen molar-refractivity contribution in [1.29, 1.82) is 0 Å². The summed E-state index contributed by atoms with van der Waals surface area (Å²) in [6.45, 7) is 5.37. The van der Waals surface area contributed by atoms with E-state index in [4.69, 9.17) is 9.47 Å². The van der Waals surface area contributed by atoms with E-state index in [1.165, 1.54) is 10.2 Å². The lowest BCUT2D eigenvalue weighted by Crippen LogP contribution is -2.23. The van der Waals surface area contributed by atoms with Crippen LogP contribution in [-0.2, 0) is 11.2 Å². The van der Waals surface area contributed by atoms with Gasteiger partial charge in [0.15, 0.2) is 5.82 Å². The average Bonchev–Trinajstić information content (AvgIpc) is 3.32. The first-order valence-corrected chi connectivity index (χ1v) is 11.6. The second kappa shape index (κ2) is 11.4. The van der Waals surface area contributed by atoms with Crippen LogP contribution in [0.5, 0.6) is 6.01 Å². The summed E-state index contributed by atoms with van der Waals surface area (Å²) >= 11 is 0. The van der Waals surface area contributed by atoms with Gasteiger partial charge in [0.2, 0.25) is 0 Å². The fraction of sp³-hybridized carbons (Fsp3) is 0.250. The Balaban J connectivity index is 1.76. The van der Waals surface area contributed by atoms with Crippen LogP contribution in [0.15, 0.2) is 84.9 Å². The summed E-state index contributed by atoms with van der Waals surface area (Å²) in [6.07, 6.45) is 0.932. The molecule has 4 aromatic rings. The number of nitrogens with zero attached hydrogens (tertiary/aromatic N) is 3. The zero-order valence-electron chi connectivity index (χ0n) is 19.6. The van der Waals surface area contributed by atoms with Gasteiger partial charge < -0.3 is 9.47 Å². The molecular formula is C28H29N3O3. The average molecular weight is 456 g/mol. The summed E-state index contributed by atoms with van der Waals surface area (Å²) in [5.74, 6) is -0.274. The van der Waals surface area contributed by atoms with E-state index in [2.05, 4.69) is 17.0 Å². The molecule has 0 aliphatic rings. The molecule has 0 N–H and O–H groups in total. The first kappa shape index (κ1) is 23.4. The topological polar surface area (TPSA) is 66.2 Å². The van der Waals surface area contributed by atoms with Gasteiger partial charge in [-0.25, -0.2) is 0 Å². The minimum absolute atomic E-state index is 0.155. The molecule has 0 fully saturated rings. The van der Waals surface area contributed by atoms with Crippen molar-refractivity contribution in [2.75, 3.05) is 19.8 Å². The molecule has 0 amide bonds. The summed E-state index contributed by atoms with van der Waals surface area (Å²) in [6, 6.07) is 27.6. The Morgan fingerprint density at radius 2 is 1.47 bits per heavy atom. The largest absolute Gasteiger partial charge is 0.460 e. The summed E-state index contributed by atoms with van der Waals surface area (Å²) in [5.41, 5.74) is 3.79. The van der Waals surface area contributed by atoms with Gasteiger partial charge in [0, 0.05) is 12.2 Å². The Bertz CT molecular complexity index is 1150. The highest BCUT2D eigenvalue weighted by atomic mass is 16.5. The van der Waals surface area contributed by atoms with E-state index in [1.807, 2.05) is 91.9 Å². The fourth-order valence-electron chi connectivity index (χ4n) is 3.81. The number of hydrogen-bond acceptors (Lipinski definition) is 5. The van der Waals surface area contributed by atoms with Crippen LogP contribution in [-0.4, -0.2) is 40.5 Å². The van der Waals surface area contributed by atoms with Crippen molar-refractivity contribution in [3.8, 4) is 17.4 Å². The van der Waals surface area contributed by atoms with Crippen molar-refractivity contribution < 1.29 is 14.3 Å². The number of carbonyl (C=O) groups is 1. The molecule has 6 nitrogen and oxygen atoms in total. The number of rotatable bonds is 10. The molecule has 0 spiro atoms. The molecule has 0 atom stereocenters. The molecule has 6 heteroatoms. The van der Waals surface area contributed by atoms with Gasteiger partial charge in [0.05, 0.1) is 12.5 Å². The van der Waals surface area contributed by atoms with Crippen molar-refractivity contribution in [3.63, 3.8) is 0 Å². The molecule has 1 heterocycles. The lowest BCUT2D eigenvalue weighted by Gasteiger charge is -2.17. The van der Waals surface area contributed by atoms with Crippen LogP contribution in [0, 0.1) is 0 Å². The van der Waals surface area contributed by atoms with Gasteiger partial charge in [0.1, 0.15) is 6.61 Å². The van der Waals surface area contributed by atoms with Crippen LogP contribution in [0.1, 0.15) is 41.3 Å². The van der Waals surface area contributed by atoms with Crippen LogP contribution in [0.25, 0.3) is 11.4 Å². The van der Waals surface area contributed by atoms with Gasteiger partial charge >= 0.3 is 6.01 Å². The summed E-state index contributed by atoms with van der Waals surface area (Å²) in [7, 11) is 0. The molecule has 0 aliphatic heterocycles. The highest BCUT2D eigenvalue weighted by Gasteiger charge is 2.28. The fourth-order valence-corrected chi connectivity index (χ4v) is 3.81. The van der Waals surface area contributed by atoms with Gasteiger partial charge in [-0.1, -0.05) is 91.9 Å². The smallest absolute Gasteiger partial charge is 0.336 e. The van der Waals surface area contributed by atoms with Gasteiger partial charge in [-0.2, -0.15) is 9.67 Å². The molecular weight excluding hydrogens is 426 g/mol. The minimum Gasteiger partial charge on any atom is -0.460 e. The molecule has 1 aromatic heterocycles. The van der Waals surface area contributed by atoms with E-state index in [1.54, 1.807) is 0 Å². The SMILES string of the molecule is CCOCCOc1nc(-c2ccc(CC)cc2)n(C(=O)C(c2ccccc2)c2ccccc2)n1. The number of carbonyl (C=O) groups excluding carboxylic acids is 1. The number of ether oxygens (including phenoxy) is 2. The van der Waals surface area contributed by atoms with E-state index in [0.717, 1.165) is 23.1 Å². The quantitative estimate of drug-likeness (QED) is 0.300. The number of benzene rings is 3. The summed E-state index contributed by atoms with van der Waals surface area (Å²) in [4.78, 5) is 18.6. The third kappa shape index (κ3) is 5.41. The van der Waals surface area contributed by atoms with Crippen molar-refractivity contribution in [3.05, 3.63) is 102 Å². The second-order valence-electron chi connectivity index (χ2n) is 7.82. The molecule has 174 valence electrons. The lowest BCUT2D eigenvalue weighted by molar-refractivity contribution is 0.0872. The van der Waals surface area contributed by atoms with Crippen molar-refractivity contribution in [1.82, 2.24) is 14.8 Å². The Labute approximate surface area is 200 Å². The second-order valence-corrected chi connectivity index (χ2v) is 7.82. The standard InChI is InChI=1S/C28H29N3O3/c1-3-21-15-17-24(18-16-21)26-29-28(34-20-19-33-4-2)30-31(26)27(32)25(22-11-7-5-8-12-22)23-13-9-6-10-14-23/h5-18,25H,3-4,19-20H2,1-2H3. The lowest BCUT2D eigenvalue weighted by atomic mass is 9.90. The van der Waals surface area contributed by atoms with Gasteiger partial charge in [0.25, 0.3) is 5.91 Å². The van der Waals surface area contributed by atoms with Crippen LogP contribution in [0.3, 0.4) is 0 Å². The van der Waals surface area contributed by atoms with E-state index in [-0.39, 0.29) is 11.9 Å². The number of aryl methyl sites for hydroxylation is 1. The predicted octanol–water partition coefficient (Wildman–Crippen LogP) is 5.40. The van der Waals surface area contributed by atoms with Gasteiger partial charge in [-0.15, -0.1) is 5.10 Å². The summed E-state index contributed by atoms with van der Waals surface area (Å²) in [5, 5.41) is 4.48. The number of hydrogen-bond donors (Lipinski definition) is 0. The van der Waals surface area contributed by atoms with Crippen molar-refractivity contribution in [2.24, 2.45) is 0 Å². The monoisotopic (exact) mass is 455 g/mol. The highest BCUT2D eigenvalue weighted by Crippen LogP contribution is 2.29. The third-order valence-corrected chi connectivity index (χ3v) is 5.59. The summed E-state index contributed by atoms with van der Waals surface area (Å²) < 4.78 is 12.4. The zero-order chi connectivity index (χ0) is 23.8. The van der Waals surface area contributed by atoms with Crippen LogP contribution in [0.4, 0.5) is 0 Å². The normalized spacial score (nSPS) is 11.0. The Hall–Kier alpha value is -3.77. The number of aromatic nitrogens is 3. The maximum absolute atomic E-state index is 14.0. The van der Waals surface area contributed by atoms with E-state index in [9.17, 15) is 4.79 Å². The van der Waals surface area contributed by atoms with Gasteiger partial charge in [-0.3, -0.25) is 4.79 Å². The maximum atomic E-state index is 14.0. The molecule has 3 aromatic carbocycles. The first-order valence-electron chi connectivity index (χ1n) is 11.6. The highest BCUT2D eigenvalue weighted by molar-refractivity contribution is 5.91. The molecule has 0 saturated carbocycles. The van der Waals surface area contributed by atoms with E-state index in [0.29, 0.717) is 25.6 Å². The van der Waals surface area contributed by atoms with Crippen molar-refractivity contribution >= 4 is 5.91 Å². The Kier molecular flexibility index (Phi) is 7.83. The molecule has 0 unspecified atom stereocenters. The minimum atomic E-state index is -0.533. The van der Waals surface area contributed by atoms with Crippen LogP contribution < -0.4 is 4.74 Å². The van der Waals surface area contributed by atoms with Crippen LogP contribution >= 0.6 is 0 Å². The van der Waals surface area contributed by atoms with Gasteiger partial charge in [-0.05, 0) is 30.0 Å². The van der Waals surface area contributed by atoms with Crippen molar-refractivity contribution in [2.45, 2.75) is 26.2 Å². The van der Waals surface area contributed by atoms with Crippen LogP contribution in [0.2, 0.25) is 0 Å². The predicted molar refractivity (Wildman–Crippen MR) is 132 cm³/mol. The molecule has 0 bridgehead atoms. The molecule has 4 rings (SSSR count). The third-order valence-electron chi connectivity index (χ3n) is 5.59. The maximum Gasteiger partial charge on any atom is 0.336 e. The molecule has 0 aliphatic carbocycles. The molecule has 0 radical (unpaired) electrons. The zero-order valence-corrected chi connectivity index (χ0v) is 19.6. The Morgan fingerprint density at radius 3 is 2.03 bits per heavy atom. The first-order chi connectivity index (χ1) is 16.7. The van der Waals surface area contributed by atoms with E-state index >= 15 is 0 Å². The van der Waals surface area contributed by atoms with E-state index < -0.39 is 5.92 Å².